The standard InChI is InChI=1S/C29H39ClN8O3/c1-19-16-35(12-13-37(19)27(40)41-28(2,3)4)26-32-14-21(30)24(33-26)36-17-20(18-36)25(39)34(7)29(5,6)22-15-31-23-10-8-9-11-38(22)23/h8-11,14-15,19-20H,12-13,16-18H2,1-7H3/t19-/m1/s1. The highest BCUT2D eigenvalue weighted by Gasteiger charge is 2.41. The van der Waals surface area contributed by atoms with Gasteiger partial charge in [0.15, 0.2) is 5.82 Å². The summed E-state index contributed by atoms with van der Waals surface area (Å²) in [6.07, 6.45) is 5.10. The molecule has 0 N–H and O–H groups in total. The Balaban J connectivity index is 1.23. The average molecular weight is 583 g/mol. The number of rotatable bonds is 5. The van der Waals surface area contributed by atoms with Crippen LogP contribution < -0.4 is 9.80 Å². The fraction of sp³-hybridized carbons (Fsp3) is 0.552. The number of carbonyl (C=O) groups is 2. The van der Waals surface area contributed by atoms with E-state index in [4.69, 9.17) is 21.3 Å². The summed E-state index contributed by atoms with van der Waals surface area (Å²) in [6, 6.07) is 5.79. The number of hydrogen-bond acceptors (Lipinski definition) is 8. The van der Waals surface area contributed by atoms with Crippen molar-refractivity contribution >= 4 is 41.0 Å². The molecule has 220 valence electrons. The Labute approximate surface area is 246 Å². The largest absolute Gasteiger partial charge is 0.444 e. The van der Waals surface area contributed by atoms with Gasteiger partial charge in [0.2, 0.25) is 11.9 Å². The van der Waals surface area contributed by atoms with Crippen LogP contribution in [0.15, 0.2) is 36.8 Å². The highest BCUT2D eigenvalue weighted by molar-refractivity contribution is 6.32. The maximum Gasteiger partial charge on any atom is 0.410 e. The van der Waals surface area contributed by atoms with Crippen LogP contribution in [0.5, 0.6) is 0 Å². The van der Waals surface area contributed by atoms with Crippen molar-refractivity contribution in [3.8, 4) is 0 Å². The van der Waals surface area contributed by atoms with Gasteiger partial charge in [-0.05, 0) is 53.7 Å². The second kappa shape index (κ2) is 10.7. The van der Waals surface area contributed by atoms with Gasteiger partial charge in [-0.2, -0.15) is 4.98 Å². The Kier molecular flexibility index (Phi) is 7.52. The number of fused-ring (bicyclic) bond motifs is 1. The second-order valence-electron chi connectivity index (χ2n) is 12.4. The van der Waals surface area contributed by atoms with Crippen molar-refractivity contribution in [1.82, 2.24) is 29.2 Å². The Morgan fingerprint density at radius 3 is 2.44 bits per heavy atom. The minimum Gasteiger partial charge on any atom is -0.444 e. The Bertz CT molecular complexity index is 1450. The second-order valence-corrected chi connectivity index (χ2v) is 12.8. The molecule has 3 aromatic rings. The zero-order chi connectivity index (χ0) is 29.7. The summed E-state index contributed by atoms with van der Waals surface area (Å²) in [7, 11) is 1.85. The number of hydrogen-bond donors (Lipinski definition) is 0. The number of anilines is 2. The van der Waals surface area contributed by atoms with Gasteiger partial charge in [0.05, 0.1) is 29.5 Å². The van der Waals surface area contributed by atoms with E-state index >= 15 is 0 Å². The van der Waals surface area contributed by atoms with E-state index in [1.165, 1.54) is 0 Å². The summed E-state index contributed by atoms with van der Waals surface area (Å²) in [5, 5.41) is 0.444. The molecule has 0 unspecified atom stereocenters. The molecule has 2 aliphatic rings. The Hall–Kier alpha value is -3.60. The van der Waals surface area contributed by atoms with E-state index < -0.39 is 11.1 Å². The number of amides is 2. The molecular formula is C29H39ClN8O3. The zero-order valence-electron chi connectivity index (χ0n) is 24.8. The summed E-state index contributed by atoms with van der Waals surface area (Å²) >= 11 is 6.52. The zero-order valence-corrected chi connectivity index (χ0v) is 25.6. The van der Waals surface area contributed by atoms with Gasteiger partial charge in [0.25, 0.3) is 0 Å². The predicted octanol–water partition coefficient (Wildman–Crippen LogP) is 4.05. The van der Waals surface area contributed by atoms with E-state index in [1.54, 1.807) is 11.1 Å². The molecule has 41 heavy (non-hydrogen) atoms. The van der Waals surface area contributed by atoms with Gasteiger partial charge in [-0.25, -0.2) is 14.8 Å². The maximum atomic E-state index is 13.5. The summed E-state index contributed by atoms with van der Waals surface area (Å²) in [5.74, 6) is 1.06. The van der Waals surface area contributed by atoms with Crippen molar-refractivity contribution in [2.45, 2.75) is 58.7 Å². The van der Waals surface area contributed by atoms with Crippen LogP contribution >= 0.6 is 11.6 Å². The summed E-state index contributed by atoms with van der Waals surface area (Å²) in [5.41, 5.74) is 0.693. The van der Waals surface area contributed by atoms with Crippen LogP contribution in [0, 0.1) is 5.92 Å². The molecule has 5 heterocycles. The van der Waals surface area contributed by atoms with Gasteiger partial charge in [0.1, 0.15) is 16.3 Å². The van der Waals surface area contributed by atoms with Gasteiger partial charge in [0, 0.05) is 52.0 Å². The topological polar surface area (TPSA) is 99.4 Å². The first kappa shape index (κ1) is 28.9. The predicted molar refractivity (Wildman–Crippen MR) is 158 cm³/mol. The van der Waals surface area contributed by atoms with Gasteiger partial charge in [-0.1, -0.05) is 17.7 Å². The smallest absolute Gasteiger partial charge is 0.410 e. The highest BCUT2D eigenvalue weighted by atomic mass is 35.5. The first-order chi connectivity index (χ1) is 19.3. The number of ether oxygens (including phenoxy) is 1. The normalized spacial score (nSPS) is 18.4. The molecule has 2 amide bonds. The monoisotopic (exact) mass is 582 g/mol. The van der Waals surface area contributed by atoms with Gasteiger partial charge < -0.3 is 28.7 Å². The molecule has 0 bridgehead atoms. The van der Waals surface area contributed by atoms with Crippen molar-refractivity contribution in [3.05, 3.63) is 47.5 Å². The van der Waals surface area contributed by atoms with Crippen LogP contribution in [0.1, 0.15) is 47.2 Å². The van der Waals surface area contributed by atoms with E-state index in [-0.39, 0.29) is 24.0 Å². The lowest BCUT2D eigenvalue weighted by Gasteiger charge is -2.44. The lowest BCUT2D eigenvalue weighted by atomic mass is 9.93. The lowest BCUT2D eigenvalue weighted by molar-refractivity contribution is -0.140. The average Bonchev–Trinajstić information content (AvgIpc) is 3.32. The number of nitrogens with zero attached hydrogens (tertiary/aromatic N) is 8. The van der Waals surface area contributed by atoms with Crippen LogP contribution in [0.25, 0.3) is 5.65 Å². The van der Waals surface area contributed by atoms with Crippen molar-refractivity contribution < 1.29 is 14.3 Å². The van der Waals surface area contributed by atoms with Gasteiger partial charge >= 0.3 is 6.09 Å². The summed E-state index contributed by atoms with van der Waals surface area (Å²) in [4.78, 5) is 47.5. The number of imidazole rings is 1. The first-order valence-corrected chi connectivity index (χ1v) is 14.4. The lowest BCUT2D eigenvalue weighted by Crippen LogP contribution is -2.57. The van der Waals surface area contributed by atoms with Crippen LogP contribution in [0.3, 0.4) is 0 Å². The molecule has 12 heteroatoms. The SMILES string of the molecule is C[C@@H]1CN(c2ncc(Cl)c(N3CC(C(=O)N(C)C(C)(C)c4cnc5ccccn45)C3)n2)CCN1C(=O)OC(C)(C)C. The van der Waals surface area contributed by atoms with E-state index in [0.717, 1.165) is 11.3 Å². The van der Waals surface area contributed by atoms with Crippen molar-refractivity contribution in [2.75, 3.05) is 49.6 Å². The highest BCUT2D eigenvalue weighted by Crippen LogP contribution is 2.34. The number of piperazine rings is 1. The Morgan fingerprint density at radius 2 is 1.76 bits per heavy atom. The molecule has 0 radical (unpaired) electrons. The molecule has 2 saturated heterocycles. The minimum absolute atomic E-state index is 0.0645. The molecule has 0 spiro atoms. The fourth-order valence-electron chi connectivity index (χ4n) is 5.37. The van der Waals surface area contributed by atoms with Crippen LogP contribution in [-0.2, 0) is 15.1 Å². The minimum atomic E-state index is -0.559. The van der Waals surface area contributed by atoms with Crippen molar-refractivity contribution in [2.24, 2.45) is 5.92 Å². The van der Waals surface area contributed by atoms with E-state index in [0.29, 0.717) is 49.5 Å². The van der Waals surface area contributed by atoms with Crippen molar-refractivity contribution in [3.63, 3.8) is 0 Å². The van der Waals surface area contributed by atoms with E-state index in [1.807, 2.05) is 93.4 Å². The van der Waals surface area contributed by atoms with Crippen LogP contribution in [-0.4, -0.2) is 92.6 Å². The molecule has 0 aromatic carbocycles. The molecule has 0 saturated carbocycles. The fourth-order valence-corrected chi connectivity index (χ4v) is 5.58. The molecule has 11 nitrogen and oxygen atoms in total. The molecule has 2 aliphatic heterocycles. The number of halogens is 1. The summed E-state index contributed by atoms with van der Waals surface area (Å²) < 4.78 is 7.58. The third kappa shape index (κ3) is 5.64. The third-order valence-electron chi connectivity index (χ3n) is 7.99. The molecule has 0 aliphatic carbocycles. The maximum absolute atomic E-state index is 13.5. The quantitative estimate of drug-likeness (QED) is 0.444. The van der Waals surface area contributed by atoms with E-state index in [9.17, 15) is 9.59 Å². The summed E-state index contributed by atoms with van der Waals surface area (Å²) in [6.45, 7) is 14.4. The molecule has 2 fully saturated rings. The Morgan fingerprint density at radius 1 is 1.02 bits per heavy atom. The van der Waals surface area contributed by atoms with Crippen molar-refractivity contribution in [1.29, 1.82) is 0 Å². The third-order valence-corrected chi connectivity index (χ3v) is 8.26. The molecule has 3 aromatic heterocycles. The molecular weight excluding hydrogens is 544 g/mol. The van der Waals surface area contributed by atoms with Crippen LogP contribution in [0.4, 0.5) is 16.6 Å². The first-order valence-electron chi connectivity index (χ1n) is 14.0. The number of aromatic nitrogens is 4. The molecule has 5 rings (SSSR count). The van der Waals surface area contributed by atoms with Crippen LogP contribution in [0.2, 0.25) is 5.02 Å². The number of carbonyl (C=O) groups excluding carboxylic acids is 2. The molecule has 1 atom stereocenters. The number of pyridine rings is 1. The van der Waals surface area contributed by atoms with Gasteiger partial charge in [-0.15, -0.1) is 0 Å². The van der Waals surface area contributed by atoms with E-state index in [2.05, 4.69) is 14.9 Å². The van der Waals surface area contributed by atoms with Gasteiger partial charge in [-0.3, -0.25) is 4.79 Å².